The van der Waals surface area contributed by atoms with Crippen LogP contribution in [0.2, 0.25) is 5.02 Å². The number of hydrogen-bond donors (Lipinski definition) is 1. The summed E-state index contributed by atoms with van der Waals surface area (Å²) in [5, 5.41) is 3.73. The summed E-state index contributed by atoms with van der Waals surface area (Å²) in [5.41, 5.74) is 2.70. The van der Waals surface area contributed by atoms with Crippen molar-refractivity contribution in [3.63, 3.8) is 0 Å². The molecule has 2 amide bonds. The van der Waals surface area contributed by atoms with Crippen molar-refractivity contribution in [2.45, 2.75) is 25.8 Å². The molecule has 1 fully saturated rings. The zero-order valence-electron chi connectivity index (χ0n) is 17.4. The summed E-state index contributed by atoms with van der Waals surface area (Å²) in [4.78, 5) is 31.3. The van der Waals surface area contributed by atoms with Crippen LogP contribution in [0.25, 0.3) is 5.69 Å². The first-order valence-electron chi connectivity index (χ1n) is 10.4. The van der Waals surface area contributed by atoms with Gasteiger partial charge in [-0.3, -0.25) is 9.59 Å². The van der Waals surface area contributed by atoms with Crippen LogP contribution in [-0.4, -0.2) is 39.4 Å². The maximum absolute atomic E-state index is 12.8. The Bertz CT molecular complexity index is 1020. The van der Waals surface area contributed by atoms with Gasteiger partial charge in [-0.1, -0.05) is 23.7 Å². The molecule has 31 heavy (non-hydrogen) atoms. The van der Waals surface area contributed by atoms with E-state index >= 15 is 0 Å². The van der Waals surface area contributed by atoms with E-state index in [1.54, 1.807) is 36.8 Å². The number of carbonyl (C=O) groups excluding carboxylic acids is 2. The van der Waals surface area contributed by atoms with E-state index in [2.05, 4.69) is 10.3 Å². The minimum absolute atomic E-state index is 0.0122. The van der Waals surface area contributed by atoms with Crippen LogP contribution in [0.1, 0.15) is 41.7 Å². The van der Waals surface area contributed by atoms with E-state index in [0.717, 1.165) is 11.3 Å². The van der Waals surface area contributed by atoms with Crippen LogP contribution in [0, 0.1) is 5.92 Å². The number of rotatable bonds is 5. The van der Waals surface area contributed by atoms with Gasteiger partial charge in [0.1, 0.15) is 0 Å². The van der Waals surface area contributed by atoms with Gasteiger partial charge in [-0.05, 0) is 61.7 Å². The summed E-state index contributed by atoms with van der Waals surface area (Å²) >= 11 is 5.90. The molecule has 2 heterocycles. The van der Waals surface area contributed by atoms with Crippen LogP contribution in [0.4, 0.5) is 0 Å². The third-order valence-electron chi connectivity index (χ3n) is 5.80. The molecule has 7 heteroatoms. The number of amides is 2. The molecular formula is C24H25ClN4O2. The molecular weight excluding hydrogens is 412 g/mol. The molecule has 0 spiro atoms. The smallest absolute Gasteiger partial charge is 0.253 e. The predicted molar refractivity (Wildman–Crippen MR) is 120 cm³/mol. The summed E-state index contributed by atoms with van der Waals surface area (Å²) in [5.74, 6) is -0.0476. The van der Waals surface area contributed by atoms with Crippen molar-refractivity contribution in [1.29, 1.82) is 0 Å². The predicted octanol–water partition coefficient (Wildman–Crippen LogP) is 4.26. The highest BCUT2D eigenvalue weighted by Crippen LogP contribution is 2.22. The zero-order valence-corrected chi connectivity index (χ0v) is 18.1. The normalized spacial score (nSPS) is 15.5. The van der Waals surface area contributed by atoms with Crippen molar-refractivity contribution in [3.8, 4) is 5.69 Å². The first kappa shape index (κ1) is 21.1. The lowest BCUT2D eigenvalue weighted by Gasteiger charge is -2.32. The number of aromatic nitrogens is 2. The molecule has 0 unspecified atom stereocenters. The Labute approximate surface area is 186 Å². The van der Waals surface area contributed by atoms with Gasteiger partial charge < -0.3 is 14.8 Å². The number of halogens is 1. The van der Waals surface area contributed by atoms with Crippen molar-refractivity contribution in [2.75, 3.05) is 13.1 Å². The quantitative estimate of drug-likeness (QED) is 0.650. The van der Waals surface area contributed by atoms with Crippen LogP contribution in [0.15, 0.2) is 67.3 Å². The molecule has 1 saturated heterocycles. The average molecular weight is 437 g/mol. The number of hydrogen-bond acceptors (Lipinski definition) is 3. The zero-order chi connectivity index (χ0) is 21.8. The van der Waals surface area contributed by atoms with Gasteiger partial charge in [-0.25, -0.2) is 4.98 Å². The Balaban J connectivity index is 1.29. The van der Waals surface area contributed by atoms with E-state index in [-0.39, 0.29) is 23.8 Å². The number of imidazole rings is 1. The van der Waals surface area contributed by atoms with Crippen molar-refractivity contribution in [3.05, 3.63) is 83.4 Å². The van der Waals surface area contributed by atoms with Crippen LogP contribution in [-0.2, 0) is 4.79 Å². The summed E-state index contributed by atoms with van der Waals surface area (Å²) in [7, 11) is 0. The molecule has 0 bridgehead atoms. The van der Waals surface area contributed by atoms with Crippen molar-refractivity contribution >= 4 is 23.4 Å². The lowest BCUT2D eigenvalue weighted by molar-refractivity contribution is -0.126. The lowest BCUT2D eigenvalue weighted by Crippen LogP contribution is -2.43. The Morgan fingerprint density at radius 2 is 1.74 bits per heavy atom. The largest absolute Gasteiger partial charge is 0.349 e. The van der Waals surface area contributed by atoms with Gasteiger partial charge in [-0.2, -0.15) is 0 Å². The standard InChI is InChI=1S/C24H25ClN4O2/c1-17(18-4-8-22(9-5-18)29-15-12-26-16-29)27-23(30)19-10-13-28(14-11-19)24(31)20-2-6-21(25)7-3-20/h2-9,12,15-17,19H,10-11,13-14H2,1H3,(H,27,30)/t17-/m0/s1. The van der Waals surface area contributed by atoms with E-state index in [1.807, 2.05) is 46.9 Å². The molecule has 4 rings (SSSR count). The van der Waals surface area contributed by atoms with Gasteiger partial charge in [0.25, 0.3) is 5.91 Å². The monoisotopic (exact) mass is 436 g/mol. The van der Waals surface area contributed by atoms with Crippen LogP contribution >= 0.6 is 11.6 Å². The van der Waals surface area contributed by atoms with E-state index in [0.29, 0.717) is 36.5 Å². The fraction of sp³-hybridized carbons (Fsp3) is 0.292. The highest BCUT2D eigenvalue weighted by atomic mass is 35.5. The van der Waals surface area contributed by atoms with Gasteiger partial charge in [0.05, 0.1) is 12.4 Å². The van der Waals surface area contributed by atoms with Crippen LogP contribution < -0.4 is 5.32 Å². The Hall–Kier alpha value is -3.12. The van der Waals surface area contributed by atoms with Gasteiger partial charge in [0, 0.05) is 47.7 Å². The van der Waals surface area contributed by atoms with E-state index in [1.165, 1.54) is 0 Å². The summed E-state index contributed by atoms with van der Waals surface area (Å²) in [6, 6.07) is 14.9. The first-order valence-corrected chi connectivity index (χ1v) is 10.8. The van der Waals surface area contributed by atoms with Crippen LogP contribution in [0.5, 0.6) is 0 Å². The van der Waals surface area contributed by atoms with Gasteiger partial charge in [0.2, 0.25) is 5.91 Å². The number of nitrogens with one attached hydrogen (secondary N) is 1. The second-order valence-corrected chi connectivity index (χ2v) is 8.30. The SMILES string of the molecule is C[C@H](NC(=O)C1CCN(C(=O)c2ccc(Cl)cc2)CC1)c1ccc(-n2ccnc2)cc1. The summed E-state index contributed by atoms with van der Waals surface area (Å²) in [6.45, 7) is 3.14. The lowest BCUT2D eigenvalue weighted by atomic mass is 9.94. The molecule has 0 aliphatic carbocycles. The molecule has 3 aromatic rings. The minimum Gasteiger partial charge on any atom is -0.349 e. The third kappa shape index (κ3) is 4.97. The second kappa shape index (κ2) is 9.35. The van der Waals surface area contributed by atoms with E-state index in [9.17, 15) is 9.59 Å². The summed E-state index contributed by atoms with van der Waals surface area (Å²) in [6.07, 6.45) is 6.72. The van der Waals surface area contributed by atoms with Gasteiger partial charge >= 0.3 is 0 Å². The average Bonchev–Trinajstić information content (AvgIpc) is 3.34. The van der Waals surface area contributed by atoms with Gasteiger partial charge in [0.15, 0.2) is 0 Å². The number of piperidine rings is 1. The fourth-order valence-electron chi connectivity index (χ4n) is 3.88. The third-order valence-corrected chi connectivity index (χ3v) is 6.05. The van der Waals surface area contributed by atoms with Crippen LogP contribution in [0.3, 0.4) is 0 Å². The number of benzene rings is 2. The number of carbonyl (C=O) groups is 2. The number of likely N-dealkylation sites (tertiary alicyclic amines) is 1. The molecule has 160 valence electrons. The maximum atomic E-state index is 12.8. The Morgan fingerprint density at radius 3 is 2.35 bits per heavy atom. The molecule has 1 atom stereocenters. The van der Waals surface area contributed by atoms with E-state index < -0.39 is 0 Å². The first-order chi connectivity index (χ1) is 15.0. The summed E-state index contributed by atoms with van der Waals surface area (Å²) < 4.78 is 1.94. The van der Waals surface area contributed by atoms with Crippen molar-refractivity contribution in [1.82, 2.24) is 19.8 Å². The fourth-order valence-corrected chi connectivity index (χ4v) is 4.01. The Kier molecular flexibility index (Phi) is 6.37. The number of nitrogens with zero attached hydrogens (tertiary/aromatic N) is 3. The molecule has 0 radical (unpaired) electrons. The minimum atomic E-state index is -0.0851. The molecule has 1 aromatic heterocycles. The molecule has 6 nitrogen and oxygen atoms in total. The molecule has 1 aliphatic rings. The van der Waals surface area contributed by atoms with Gasteiger partial charge in [-0.15, -0.1) is 0 Å². The highest BCUT2D eigenvalue weighted by Gasteiger charge is 2.28. The molecule has 2 aromatic carbocycles. The van der Waals surface area contributed by atoms with Crippen molar-refractivity contribution in [2.24, 2.45) is 5.92 Å². The Morgan fingerprint density at radius 1 is 1.06 bits per heavy atom. The molecule has 0 saturated carbocycles. The molecule has 1 N–H and O–H groups in total. The van der Waals surface area contributed by atoms with Crippen molar-refractivity contribution < 1.29 is 9.59 Å². The maximum Gasteiger partial charge on any atom is 0.253 e. The highest BCUT2D eigenvalue weighted by molar-refractivity contribution is 6.30. The second-order valence-electron chi connectivity index (χ2n) is 7.87. The van der Waals surface area contributed by atoms with E-state index in [4.69, 9.17) is 11.6 Å². The topological polar surface area (TPSA) is 67.2 Å². The molecule has 1 aliphatic heterocycles.